The average molecular weight is 303 g/mol. The minimum atomic E-state index is -4.22. The summed E-state index contributed by atoms with van der Waals surface area (Å²) in [6.45, 7) is 8.16. The van der Waals surface area contributed by atoms with Gasteiger partial charge >= 0.3 is 6.18 Å². The van der Waals surface area contributed by atoms with Crippen LogP contribution >= 0.6 is 0 Å². The average Bonchev–Trinajstić information content (AvgIpc) is 2.34. The van der Waals surface area contributed by atoms with Crippen LogP contribution in [0.4, 0.5) is 18.9 Å². The third-order valence-electron chi connectivity index (χ3n) is 2.96. The Bertz CT molecular complexity index is 430. The zero-order valence-corrected chi connectivity index (χ0v) is 13.0. The fraction of sp³-hybridized carbons (Fsp3) is 0.667. The molecular weight excluding hydrogens is 279 g/mol. The van der Waals surface area contributed by atoms with Crippen molar-refractivity contribution in [1.29, 1.82) is 0 Å². The lowest BCUT2D eigenvalue weighted by atomic mass is 10.2. The maximum Gasteiger partial charge on any atom is 0.405 e. The molecule has 3 nitrogen and oxygen atoms in total. The van der Waals surface area contributed by atoms with Gasteiger partial charge in [0.05, 0.1) is 5.69 Å². The van der Waals surface area contributed by atoms with Crippen LogP contribution in [0.25, 0.3) is 0 Å². The summed E-state index contributed by atoms with van der Waals surface area (Å²) in [5.41, 5.74) is 1.31. The predicted molar refractivity (Wildman–Crippen MR) is 79.3 cm³/mol. The number of nitrogens with zero attached hydrogens (tertiary/aromatic N) is 2. The molecule has 0 aromatic carbocycles. The van der Waals surface area contributed by atoms with E-state index in [1.807, 2.05) is 0 Å². The van der Waals surface area contributed by atoms with E-state index in [1.54, 1.807) is 32.2 Å². The number of alkyl halides is 3. The lowest BCUT2D eigenvalue weighted by Gasteiger charge is -2.30. The maximum absolute atomic E-state index is 12.7. The van der Waals surface area contributed by atoms with Crippen molar-refractivity contribution in [3.63, 3.8) is 0 Å². The maximum atomic E-state index is 12.7. The van der Waals surface area contributed by atoms with Crippen LogP contribution in [0.5, 0.6) is 0 Å². The van der Waals surface area contributed by atoms with Crippen LogP contribution in [0.15, 0.2) is 18.3 Å². The molecule has 0 saturated heterocycles. The van der Waals surface area contributed by atoms with E-state index < -0.39 is 12.7 Å². The zero-order chi connectivity index (χ0) is 16.0. The molecule has 0 bridgehead atoms. The quantitative estimate of drug-likeness (QED) is 0.834. The molecule has 0 atom stereocenters. The Balaban J connectivity index is 2.80. The molecule has 120 valence electrons. The first-order valence-electron chi connectivity index (χ1n) is 7.18. The normalized spacial score (nSPS) is 12.2. The minimum absolute atomic E-state index is 0.231. The lowest BCUT2D eigenvalue weighted by Crippen LogP contribution is -2.39. The van der Waals surface area contributed by atoms with Gasteiger partial charge < -0.3 is 10.2 Å². The van der Waals surface area contributed by atoms with Crippen molar-refractivity contribution >= 4 is 5.69 Å². The first-order chi connectivity index (χ1) is 9.69. The fourth-order valence-corrected chi connectivity index (χ4v) is 1.99. The number of hydrogen-bond donors (Lipinski definition) is 1. The number of rotatable bonds is 7. The molecule has 0 unspecified atom stereocenters. The summed E-state index contributed by atoms with van der Waals surface area (Å²) in [5.74, 6) is 0.519. The van der Waals surface area contributed by atoms with Crippen LogP contribution in [0.3, 0.4) is 0 Å². The van der Waals surface area contributed by atoms with E-state index in [4.69, 9.17) is 0 Å². The molecule has 6 heteroatoms. The van der Waals surface area contributed by atoms with Crippen molar-refractivity contribution < 1.29 is 13.2 Å². The number of nitrogens with one attached hydrogen (secondary N) is 1. The number of anilines is 1. The van der Waals surface area contributed by atoms with Crippen molar-refractivity contribution in [3.8, 4) is 0 Å². The third-order valence-corrected chi connectivity index (χ3v) is 2.96. The molecule has 0 aliphatic heterocycles. The molecule has 0 fully saturated rings. The summed E-state index contributed by atoms with van der Waals surface area (Å²) < 4.78 is 38.0. The van der Waals surface area contributed by atoms with Crippen molar-refractivity contribution in [1.82, 2.24) is 10.3 Å². The van der Waals surface area contributed by atoms with E-state index >= 15 is 0 Å². The van der Waals surface area contributed by atoms with Crippen LogP contribution in [-0.4, -0.2) is 30.3 Å². The van der Waals surface area contributed by atoms with E-state index in [0.717, 1.165) is 12.2 Å². The van der Waals surface area contributed by atoms with E-state index in [9.17, 15) is 13.2 Å². The highest BCUT2D eigenvalue weighted by molar-refractivity contribution is 5.47. The van der Waals surface area contributed by atoms with E-state index in [-0.39, 0.29) is 6.04 Å². The Morgan fingerprint density at radius 2 is 1.90 bits per heavy atom. The van der Waals surface area contributed by atoms with Gasteiger partial charge in [0.15, 0.2) is 0 Å². The van der Waals surface area contributed by atoms with Gasteiger partial charge in [-0.15, -0.1) is 0 Å². The fourth-order valence-electron chi connectivity index (χ4n) is 1.99. The predicted octanol–water partition coefficient (Wildman–Crippen LogP) is 3.60. The highest BCUT2D eigenvalue weighted by Gasteiger charge is 2.32. The monoisotopic (exact) mass is 303 g/mol. The summed E-state index contributed by atoms with van der Waals surface area (Å²) in [4.78, 5) is 5.54. The summed E-state index contributed by atoms with van der Waals surface area (Å²) in [7, 11) is 0. The van der Waals surface area contributed by atoms with Gasteiger partial charge in [-0.25, -0.2) is 0 Å². The van der Waals surface area contributed by atoms with Crippen LogP contribution < -0.4 is 10.2 Å². The van der Waals surface area contributed by atoms with Gasteiger partial charge in [-0.1, -0.05) is 13.8 Å². The van der Waals surface area contributed by atoms with E-state index in [0.29, 0.717) is 18.2 Å². The van der Waals surface area contributed by atoms with E-state index in [1.165, 1.54) is 4.90 Å². The molecule has 1 N–H and O–H groups in total. The summed E-state index contributed by atoms with van der Waals surface area (Å²) >= 11 is 0. The second-order valence-electron chi connectivity index (χ2n) is 5.87. The van der Waals surface area contributed by atoms with E-state index in [2.05, 4.69) is 24.1 Å². The highest BCUT2D eigenvalue weighted by Crippen LogP contribution is 2.24. The largest absolute Gasteiger partial charge is 0.405 e. The summed E-state index contributed by atoms with van der Waals surface area (Å²) in [6, 6.07) is 3.11. The number of aromatic nitrogens is 1. The molecule has 1 aromatic heterocycles. The third kappa shape index (κ3) is 6.80. The number of halogens is 3. The first-order valence-corrected chi connectivity index (χ1v) is 7.18. The molecule has 1 heterocycles. The smallest absolute Gasteiger partial charge is 0.360 e. The Hall–Kier alpha value is -1.30. The van der Waals surface area contributed by atoms with Gasteiger partial charge in [-0.05, 0) is 38.4 Å². The van der Waals surface area contributed by atoms with Crippen molar-refractivity contribution in [2.24, 2.45) is 5.92 Å². The lowest BCUT2D eigenvalue weighted by molar-refractivity contribution is -0.120. The molecule has 0 aliphatic carbocycles. The molecule has 1 rings (SSSR count). The Morgan fingerprint density at radius 3 is 2.43 bits per heavy atom. The molecule has 0 radical (unpaired) electrons. The molecule has 1 aromatic rings. The van der Waals surface area contributed by atoms with Crippen molar-refractivity contribution in [3.05, 3.63) is 24.0 Å². The van der Waals surface area contributed by atoms with Crippen LogP contribution in [0, 0.1) is 5.92 Å². The Labute approximate surface area is 124 Å². The van der Waals surface area contributed by atoms with Crippen molar-refractivity contribution in [2.45, 2.75) is 46.5 Å². The van der Waals surface area contributed by atoms with Crippen molar-refractivity contribution in [2.75, 3.05) is 18.0 Å². The van der Waals surface area contributed by atoms with Crippen LogP contribution in [-0.2, 0) is 6.54 Å². The van der Waals surface area contributed by atoms with Gasteiger partial charge in [0.1, 0.15) is 6.54 Å². The van der Waals surface area contributed by atoms with Crippen LogP contribution in [0.1, 0.15) is 33.4 Å². The number of pyridine rings is 1. The Morgan fingerprint density at radius 1 is 1.24 bits per heavy atom. The standard InChI is InChI=1S/C15H24F3N3/c1-11(2)8-19-9-13-7-14(5-6-20-13)21(12(3)4)10-15(16,17)18/h5-7,11-12,19H,8-10H2,1-4H3. The topological polar surface area (TPSA) is 28.2 Å². The minimum Gasteiger partial charge on any atom is -0.360 e. The summed E-state index contributed by atoms with van der Waals surface area (Å²) in [5, 5.41) is 3.24. The van der Waals surface area contributed by atoms with Crippen LogP contribution in [0.2, 0.25) is 0 Å². The second-order valence-corrected chi connectivity index (χ2v) is 5.87. The van der Waals surface area contributed by atoms with Gasteiger partial charge in [-0.2, -0.15) is 13.2 Å². The first kappa shape index (κ1) is 17.8. The Kier molecular flexibility index (Phi) is 6.45. The SMILES string of the molecule is CC(C)CNCc1cc(N(CC(F)(F)F)C(C)C)ccn1. The number of hydrogen-bond acceptors (Lipinski definition) is 3. The van der Waals surface area contributed by atoms with Gasteiger partial charge in [0, 0.05) is 24.5 Å². The molecule has 0 spiro atoms. The van der Waals surface area contributed by atoms with Gasteiger partial charge in [0.25, 0.3) is 0 Å². The summed E-state index contributed by atoms with van der Waals surface area (Å²) in [6.07, 6.45) is -2.66. The molecule has 21 heavy (non-hydrogen) atoms. The van der Waals surface area contributed by atoms with Gasteiger partial charge in [-0.3, -0.25) is 4.98 Å². The molecular formula is C15H24F3N3. The zero-order valence-electron chi connectivity index (χ0n) is 13.0. The molecule has 0 saturated carbocycles. The molecule has 0 aliphatic rings. The highest BCUT2D eigenvalue weighted by atomic mass is 19.4. The van der Waals surface area contributed by atoms with Gasteiger partial charge in [0.2, 0.25) is 0 Å². The second kappa shape index (κ2) is 7.64. The molecule has 0 amide bonds.